The first-order chi connectivity index (χ1) is 13.5. The standard InChI is InChI=1S/C20H19FN2O4S/c1-11-17(23-20(28-11)13-7-5-6-8-14(13)21)19(24)22-12-9-15(25-2)18(27-4)16(10-12)26-3/h5-10H,1-4H3,(H,22,24). The average molecular weight is 402 g/mol. The lowest BCUT2D eigenvalue weighted by molar-refractivity contribution is 0.102. The Morgan fingerprint density at radius 2 is 1.71 bits per heavy atom. The topological polar surface area (TPSA) is 69.7 Å². The minimum atomic E-state index is -0.411. The van der Waals surface area contributed by atoms with Crippen molar-refractivity contribution in [3.63, 3.8) is 0 Å². The maximum atomic E-state index is 14.0. The molecule has 3 aromatic rings. The zero-order chi connectivity index (χ0) is 20.3. The van der Waals surface area contributed by atoms with E-state index in [-0.39, 0.29) is 11.5 Å². The molecule has 3 rings (SSSR count). The van der Waals surface area contributed by atoms with E-state index in [2.05, 4.69) is 10.3 Å². The van der Waals surface area contributed by atoms with Crippen LogP contribution in [0.15, 0.2) is 36.4 Å². The highest BCUT2D eigenvalue weighted by molar-refractivity contribution is 7.15. The SMILES string of the molecule is COc1cc(NC(=O)c2nc(-c3ccccc3F)sc2C)cc(OC)c1OC. The molecule has 28 heavy (non-hydrogen) atoms. The molecule has 1 heterocycles. The zero-order valence-electron chi connectivity index (χ0n) is 15.8. The molecule has 0 saturated heterocycles. The Hall–Kier alpha value is -3.13. The van der Waals surface area contributed by atoms with Crippen molar-refractivity contribution >= 4 is 22.9 Å². The number of ether oxygens (including phenoxy) is 3. The molecule has 6 nitrogen and oxygen atoms in total. The van der Waals surface area contributed by atoms with E-state index in [9.17, 15) is 9.18 Å². The van der Waals surface area contributed by atoms with E-state index in [1.807, 2.05) is 0 Å². The van der Waals surface area contributed by atoms with Gasteiger partial charge in [-0.1, -0.05) is 12.1 Å². The number of aryl methyl sites for hydroxylation is 1. The molecule has 0 aliphatic carbocycles. The smallest absolute Gasteiger partial charge is 0.275 e. The van der Waals surface area contributed by atoms with Gasteiger partial charge in [-0.05, 0) is 19.1 Å². The van der Waals surface area contributed by atoms with Gasteiger partial charge in [0.05, 0.1) is 21.3 Å². The number of hydrogen-bond acceptors (Lipinski definition) is 6. The highest BCUT2D eigenvalue weighted by Gasteiger charge is 2.20. The van der Waals surface area contributed by atoms with Crippen molar-refractivity contribution in [3.05, 3.63) is 52.8 Å². The van der Waals surface area contributed by atoms with Crippen LogP contribution in [0.3, 0.4) is 0 Å². The van der Waals surface area contributed by atoms with Crippen LogP contribution in [0.25, 0.3) is 10.6 Å². The molecule has 0 fully saturated rings. The molecule has 1 amide bonds. The summed E-state index contributed by atoms with van der Waals surface area (Å²) < 4.78 is 29.9. The van der Waals surface area contributed by atoms with Gasteiger partial charge in [0.25, 0.3) is 5.91 Å². The zero-order valence-corrected chi connectivity index (χ0v) is 16.6. The van der Waals surface area contributed by atoms with Crippen LogP contribution in [0.1, 0.15) is 15.4 Å². The van der Waals surface area contributed by atoms with Gasteiger partial charge < -0.3 is 19.5 Å². The van der Waals surface area contributed by atoms with Crippen molar-refractivity contribution in [1.29, 1.82) is 0 Å². The molecular formula is C20H19FN2O4S. The van der Waals surface area contributed by atoms with Gasteiger partial charge in [-0.3, -0.25) is 4.79 Å². The molecule has 2 aromatic carbocycles. The number of rotatable bonds is 6. The molecule has 0 radical (unpaired) electrons. The van der Waals surface area contributed by atoms with Gasteiger partial charge in [-0.2, -0.15) is 0 Å². The molecule has 146 valence electrons. The van der Waals surface area contributed by atoms with Crippen LogP contribution in [0.4, 0.5) is 10.1 Å². The number of halogens is 1. The van der Waals surface area contributed by atoms with Gasteiger partial charge in [-0.15, -0.1) is 11.3 Å². The van der Waals surface area contributed by atoms with Crippen molar-refractivity contribution in [2.75, 3.05) is 26.6 Å². The number of benzene rings is 2. The Morgan fingerprint density at radius 1 is 1.07 bits per heavy atom. The Kier molecular flexibility index (Phi) is 5.79. The summed E-state index contributed by atoms with van der Waals surface area (Å²) in [4.78, 5) is 17.8. The van der Waals surface area contributed by atoms with E-state index in [1.165, 1.54) is 38.7 Å². The van der Waals surface area contributed by atoms with Crippen molar-refractivity contribution in [3.8, 4) is 27.8 Å². The van der Waals surface area contributed by atoms with E-state index in [4.69, 9.17) is 14.2 Å². The molecule has 1 aromatic heterocycles. The number of nitrogens with zero attached hydrogens (tertiary/aromatic N) is 1. The minimum absolute atomic E-state index is 0.233. The van der Waals surface area contributed by atoms with Gasteiger partial charge >= 0.3 is 0 Å². The Balaban J connectivity index is 1.91. The van der Waals surface area contributed by atoms with Crippen molar-refractivity contribution in [1.82, 2.24) is 4.98 Å². The number of thiazole rings is 1. The molecule has 1 N–H and O–H groups in total. The first-order valence-electron chi connectivity index (χ1n) is 8.32. The molecule has 0 aliphatic heterocycles. The molecule has 0 bridgehead atoms. The highest BCUT2D eigenvalue weighted by atomic mass is 32.1. The third-order valence-corrected chi connectivity index (χ3v) is 5.04. The monoisotopic (exact) mass is 402 g/mol. The molecular weight excluding hydrogens is 383 g/mol. The van der Waals surface area contributed by atoms with Crippen LogP contribution >= 0.6 is 11.3 Å². The number of carbonyl (C=O) groups is 1. The second-order valence-corrected chi connectivity index (χ2v) is 6.97. The maximum absolute atomic E-state index is 14.0. The first-order valence-corrected chi connectivity index (χ1v) is 9.13. The lowest BCUT2D eigenvalue weighted by Crippen LogP contribution is -2.14. The fourth-order valence-electron chi connectivity index (χ4n) is 2.70. The van der Waals surface area contributed by atoms with Gasteiger partial charge in [0.15, 0.2) is 11.5 Å². The van der Waals surface area contributed by atoms with Crippen molar-refractivity contribution in [2.45, 2.75) is 6.92 Å². The maximum Gasteiger partial charge on any atom is 0.275 e. The number of hydrogen-bond donors (Lipinski definition) is 1. The fourth-order valence-corrected chi connectivity index (χ4v) is 3.64. The normalized spacial score (nSPS) is 10.5. The predicted octanol–water partition coefficient (Wildman–Crippen LogP) is 4.54. The quantitative estimate of drug-likeness (QED) is 0.656. The Morgan fingerprint density at radius 3 is 2.29 bits per heavy atom. The van der Waals surface area contributed by atoms with Crippen LogP contribution in [0, 0.1) is 12.7 Å². The van der Waals surface area contributed by atoms with E-state index >= 15 is 0 Å². The third kappa shape index (κ3) is 3.77. The van der Waals surface area contributed by atoms with E-state index in [1.54, 1.807) is 37.3 Å². The second kappa shape index (κ2) is 8.26. The number of nitrogens with one attached hydrogen (secondary N) is 1. The number of aromatic nitrogens is 1. The van der Waals surface area contributed by atoms with Crippen LogP contribution in [0.2, 0.25) is 0 Å². The average Bonchev–Trinajstić information content (AvgIpc) is 3.09. The molecule has 0 saturated carbocycles. The van der Waals surface area contributed by atoms with Crippen molar-refractivity contribution in [2.24, 2.45) is 0 Å². The molecule has 0 unspecified atom stereocenters. The molecule has 8 heteroatoms. The minimum Gasteiger partial charge on any atom is -0.493 e. The van der Waals surface area contributed by atoms with Gasteiger partial charge in [0, 0.05) is 28.3 Å². The Labute approximate surface area is 165 Å². The summed E-state index contributed by atoms with van der Waals surface area (Å²) in [6.07, 6.45) is 0. The highest BCUT2D eigenvalue weighted by Crippen LogP contribution is 2.40. The first kappa shape index (κ1) is 19.6. The Bertz CT molecular complexity index is 994. The van der Waals surface area contributed by atoms with Crippen LogP contribution < -0.4 is 19.5 Å². The predicted molar refractivity (Wildman–Crippen MR) is 106 cm³/mol. The number of methoxy groups -OCH3 is 3. The van der Waals surface area contributed by atoms with Crippen LogP contribution in [-0.4, -0.2) is 32.2 Å². The lowest BCUT2D eigenvalue weighted by atomic mass is 10.2. The van der Waals surface area contributed by atoms with Crippen molar-refractivity contribution < 1.29 is 23.4 Å². The summed E-state index contributed by atoms with van der Waals surface area (Å²) in [6.45, 7) is 1.77. The number of amides is 1. The van der Waals surface area contributed by atoms with Gasteiger partial charge in [0.1, 0.15) is 16.5 Å². The molecule has 0 spiro atoms. The summed E-state index contributed by atoms with van der Waals surface area (Å²) in [7, 11) is 4.49. The van der Waals surface area contributed by atoms with E-state index < -0.39 is 5.91 Å². The largest absolute Gasteiger partial charge is 0.493 e. The molecule has 0 aliphatic rings. The third-order valence-electron chi connectivity index (χ3n) is 4.04. The summed E-state index contributed by atoms with van der Waals surface area (Å²) in [6, 6.07) is 9.58. The molecule has 0 atom stereocenters. The summed E-state index contributed by atoms with van der Waals surface area (Å²) in [5.41, 5.74) is 1.05. The van der Waals surface area contributed by atoms with Crippen LogP contribution in [-0.2, 0) is 0 Å². The van der Waals surface area contributed by atoms with Gasteiger partial charge in [0.2, 0.25) is 5.75 Å². The van der Waals surface area contributed by atoms with Gasteiger partial charge in [-0.25, -0.2) is 9.37 Å². The summed E-state index contributed by atoms with van der Waals surface area (Å²) in [5, 5.41) is 3.22. The lowest BCUT2D eigenvalue weighted by Gasteiger charge is -2.14. The second-order valence-electron chi connectivity index (χ2n) is 5.77. The number of anilines is 1. The van der Waals surface area contributed by atoms with E-state index in [0.29, 0.717) is 38.4 Å². The number of carbonyl (C=O) groups excluding carboxylic acids is 1. The summed E-state index contributed by atoms with van der Waals surface area (Å²) >= 11 is 1.26. The fraction of sp³-hybridized carbons (Fsp3) is 0.200. The summed E-state index contributed by atoms with van der Waals surface area (Å²) in [5.74, 6) is 0.464. The van der Waals surface area contributed by atoms with E-state index in [0.717, 1.165) is 0 Å². The van der Waals surface area contributed by atoms with Crippen LogP contribution in [0.5, 0.6) is 17.2 Å².